The van der Waals surface area contributed by atoms with Gasteiger partial charge in [0.15, 0.2) is 0 Å². The van der Waals surface area contributed by atoms with E-state index in [9.17, 15) is 9.59 Å². The van der Waals surface area contributed by atoms with Gasteiger partial charge in [0.05, 0.1) is 88.5 Å². The maximum absolute atomic E-state index is 13.0. The third-order valence-corrected chi connectivity index (χ3v) is 18.0. The van der Waals surface area contributed by atoms with Crippen molar-refractivity contribution < 1.29 is 47.2 Å². The summed E-state index contributed by atoms with van der Waals surface area (Å²) in [6.45, 7) is 32.7. The van der Waals surface area contributed by atoms with Crippen LogP contribution in [0.1, 0.15) is 158 Å². The lowest BCUT2D eigenvalue weighted by Crippen LogP contribution is -2.56. The minimum Gasteiger partial charge on any atom is -0.493 e. The van der Waals surface area contributed by atoms with E-state index in [2.05, 4.69) is 95.7 Å². The number of carbonyl (C=O) groups is 2. The standard InChI is InChI=1S/C27H34N6O3.C19H26BrNO3.C12H24B2O4.C8H8ClN5/c1-27(2,3)36-21-16-33(17-21)25(34)13-18-6-5-11-35-24-12-19(7-8-22(18)24)23-9-10-28-26(31-23)30-20-14-29-32(4)15-20;1-19(2,3)24-15-11-21(12-15)18(22)9-13-5-4-8-23-17-10-14(20)6-7-16(13)17;1-9(2)10(3,4)16-13(15-9)14-17-11(5,6)12(7,8)18-14;1-14-5-6(4-11-14)12-8-10-3-2-7(9)13-8/h7-10,12,14-15,18,21H,5-6,11,13,16-17H2,1-4H3,(H,28,30,31);6-7,10,13,15H,4-5,8-9,11-12H2,1-3H3;1-8H3;2-5H,1H3,(H,10,12,13). The summed E-state index contributed by atoms with van der Waals surface area (Å²) in [5, 5.41) is 14.7. The number of nitrogens with one attached hydrogen (secondary N) is 2. The second-order valence-electron chi connectivity index (χ2n) is 28.3. The molecule has 10 heterocycles. The van der Waals surface area contributed by atoms with Gasteiger partial charge < -0.3 is 58.0 Å². The highest BCUT2D eigenvalue weighted by Crippen LogP contribution is 2.44. The van der Waals surface area contributed by atoms with Crippen LogP contribution in [0, 0.1) is 0 Å². The van der Waals surface area contributed by atoms with E-state index < -0.39 is 14.0 Å². The van der Waals surface area contributed by atoms with Crippen LogP contribution in [0.15, 0.2) is 90.2 Å². The predicted molar refractivity (Wildman–Crippen MR) is 360 cm³/mol. The number of likely N-dealkylation sites (tertiary alicyclic amines) is 2. The molecule has 0 bridgehead atoms. The highest BCUT2D eigenvalue weighted by molar-refractivity contribution is 9.10. The van der Waals surface area contributed by atoms with E-state index >= 15 is 0 Å². The van der Waals surface area contributed by atoms with Gasteiger partial charge in [-0.15, -0.1) is 0 Å². The van der Waals surface area contributed by atoms with Gasteiger partial charge >= 0.3 is 14.0 Å². The van der Waals surface area contributed by atoms with Crippen molar-refractivity contribution in [3.05, 3.63) is 106 Å². The highest BCUT2D eigenvalue weighted by Gasteiger charge is 2.64. The van der Waals surface area contributed by atoms with Crippen LogP contribution in [0.2, 0.25) is 5.15 Å². The molecule has 2 N–H and O–H groups in total. The molecule has 26 heteroatoms. The lowest BCUT2D eigenvalue weighted by atomic mass is 9.49. The van der Waals surface area contributed by atoms with Gasteiger partial charge in [-0.3, -0.25) is 19.0 Å². The lowest BCUT2D eigenvalue weighted by molar-refractivity contribution is -0.158. The van der Waals surface area contributed by atoms with Crippen molar-refractivity contribution in [3.8, 4) is 22.8 Å². The summed E-state index contributed by atoms with van der Waals surface area (Å²) in [5.74, 6) is 3.51. The van der Waals surface area contributed by atoms with Crippen molar-refractivity contribution in [2.24, 2.45) is 14.1 Å². The first kappa shape index (κ1) is 70.1. The number of aromatic nitrogens is 8. The van der Waals surface area contributed by atoms with Crippen molar-refractivity contribution in [1.82, 2.24) is 49.3 Å². The zero-order chi connectivity index (χ0) is 66.6. The van der Waals surface area contributed by atoms with Crippen molar-refractivity contribution in [2.75, 3.05) is 50.0 Å². The number of aryl methyl sites for hydroxylation is 2. The van der Waals surface area contributed by atoms with Crippen LogP contribution in [0.4, 0.5) is 23.3 Å². The molecule has 6 aliphatic rings. The Kier molecular flexibility index (Phi) is 22.0. The molecule has 2 amide bonds. The molecule has 2 aromatic carbocycles. The van der Waals surface area contributed by atoms with Crippen LogP contribution in [0.3, 0.4) is 0 Å². The summed E-state index contributed by atoms with van der Waals surface area (Å²) in [4.78, 5) is 46.4. The van der Waals surface area contributed by atoms with E-state index in [0.29, 0.717) is 62.7 Å². The Hall–Kier alpha value is -6.18. The first-order valence-electron chi connectivity index (χ1n) is 31.8. The number of fused-ring (bicyclic) bond motifs is 2. The Morgan fingerprint density at radius 3 is 1.47 bits per heavy atom. The Bertz CT molecular complexity index is 3430. The van der Waals surface area contributed by atoms with Gasteiger partial charge in [-0.1, -0.05) is 45.7 Å². The van der Waals surface area contributed by atoms with Gasteiger partial charge in [0.25, 0.3) is 0 Å². The molecule has 0 aliphatic carbocycles. The average Bonchev–Trinajstić information content (AvgIpc) is 1.60. The number of ether oxygens (including phenoxy) is 4. The molecule has 92 heavy (non-hydrogen) atoms. The summed E-state index contributed by atoms with van der Waals surface area (Å²) in [6.07, 6.45) is 15.6. The number of halogens is 2. The topological polar surface area (TPSA) is 226 Å². The average molecular weight is 1350 g/mol. The zero-order valence-electron chi connectivity index (χ0n) is 56.3. The fraction of sp³-hybridized carbons (Fsp3) is 0.576. The number of amides is 2. The van der Waals surface area contributed by atoms with E-state index in [1.165, 1.54) is 0 Å². The molecule has 0 radical (unpaired) electrons. The van der Waals surface area contributed by atoms with Gasteiger partial charge in [-0.25, -0.2) is 19.9 Å². The van der Waals surface area contributed by atoms with Crippen molar-refractivity contribution in [3.63, 3.8) is 0 Å². The maximum atomic E-state index is 13.0. The largest absolute Gasteiger partial charge is 0.493 e. The molecule has 6 aliphatic heterocycles. The van der Waals surface area contributed by atoms with Crippen LogP contribution >= 0.6 is 27.5 Å². The van der Waals surface area contributed by atoms with E-state index in [1.807, 2.05) is 137 Å². The number of hydrogen-bond donors (Lipinski definition) is 2. The van der Waals surface area contributed by atoms with E-state index in [1.54, 1.807) is 40.2 Å². The molecule has 12 rings (SSSR count). The van der Waals surface area contributed by atoms with Gasteiger partial charge in [0, 0.05) is 87.9 Å². The van der Waals surface area contributed by atoms with E-state index in [4.69, 9.17) is 49.2 Å². The first-order valence-corrected chi connectivity index (χ1v) is 33.0. The zero-order valence-corrected chi connectivity index (χ0v) is 58.7. The molecular formula is C66H92B2BrClN12O10. The van der Waals surface area contributed by atoms with Gasteiger partial charge in [0.1, 0.15) is 16.7 Å². The summed E-state index contributed by atoms with van der Waals surface area (Å²) in [6, 6.07) is 15.8. The second kappa shape index (κ2) is 28.8. The minimum atomic E-state index is -0.476. The molecule has 0 saturated carbocycles. The van der Waals surface area contributed by atoms with Gasteiger partial charge in [-0.2, -0.15) is 10.2 Å². The third-order valence-electron chi connectivity index (χ3n) is 17.3. The molecule has 2 unspecified atom stereocenters. The van der Waals surface area contributed by atoms with Gasteiger partial charge in [-0.05, 0) is 176 Å². The predicted octanol–water partition coefficient (Wildman–Crippen LogP) is 12.3. The molecule has 4 fully saturated rings. The van der Waals surface area contributed by atoms with Crippen LogP contribution < -0.4 is 20.1 Å². The van der Waals surface area contributed by atoms with Crippen LogP contribution in [-0.2, 0) is 51.8 Å². The van der Waals surface area contributed by atoms with E-state index in [-0.39, 0.29) is 69.5 Å². The Balaban J connectivity index is 0.000000155. The minimum absolute atomic E-state index is 0.131. The van der Waals surface area contributed by atoms with Crippen molar-refractivity contribution in [1.29, 1.82) is 0 Å². The number of rotatable bonds is 12. The quantitative estimate of drug-likeness (QED) is 0.0858. The second-order valence-corrected chi connectivity index (χ2v) is 29.6. The van der Waals surface area contributed by atoms with Gasteiger partial charge in [0.2, 0.25) is 23.7 Å². The molecule has 4 aromatic heterocycles. The number of benzene rings is 2. The summed E-state index contributed by atoms with van der Waals surface area (Å²) in [7, 11) is 2.75. The monoisotopic (exact) mass is 1350 g/mol. The number of carbonyl (C=O) groups excluding carboxylic acids is 2. The van der Waals surface area contributed by atoms with E-state index in [0.717, 1.165) is 82.0 Å². The molecule has 2 atom stereocenters. The highest BCUT2D eigenvalue weighted by atomic mass is 79.9. The Labute approximate surface area is 556 Å². The molecule has 496 valence electrons. The molecular weight excluding hydrogens is 1260 g/mol. The van der Waals surface area contributed by atoms with Crippen molar-refractivity contribution >= 4 is 76.6 Å². The number of anilines is 4. The number of hydrogen-bond acceptors (Lipinski definition) is 18. The van der Waals surface area contributed by atoms with Crippen LogP contribution in [0.25, 0.3) is 11.3 Å². The summed E-state index contributed by atoms with van der Waals surface area (Å²) in [5.41, 5.74) is 3.87. The molecule has 0 spiro atoms. The maximum Gasteiger partial charge on any atom is 0.488 e. The summed E-state index contributed by atoms with van der Waals surface area (Å²) < 4.78 is 52.1. The SMILES string of the molecule is CC(C)(C)OC1CN(C(=O)CC2CCCOc3cc(Br)ccc32)C1.CC1(C)OB(B2OC(C)(C)C(C)(C)O2)OC1(C)C.Cn1cc(Nc2nccc(-c3ccc4c(c3)OCCCC4CC(=O)N3CC(OC(C)(C)C)C3)n2)cn1.Cn1cc(Nc2nccc(Cl)n2)cn1. The first-order chi connectivity index (χ1) is 43.2. The normalized spacial score (nSPS) is 20.5. The third kappa shape index (κ3) is 18.6. The molecule has 22 nitrogen and oxygen atoms in total. The van der Waals surface area contributed by atoms with Crippen LogP contribution in [0.5, 0.6) is 11.5 Å². The molecule has 6 aromatic rings. The van der Waals surface area contributed by atoms with Crippen molar-refractivity contribution in [2.45, 2.75) is 193 Å². The lowest BCUT2D eigenvalue weighted by Gasteiger charge is -2.42. The number of nitrogens with zero attached hydrogens (tertiary/aromatic N) is 10. The smallest absolute Gasteiger partial charge is 0.488 e. The fourth-order valence-electron chi connectivity index (χ4n) is 11.2. The Morgan fingerprint density at radius 1 is 0.620 bits per heavy atom. The van der Waals surface area contributed by atoms with Crippen LogP contribution in [-0.4, -0.2) is 160 Å². The Morgan fingerprint density at radius 2 is 1.04 bits per heavy atom. The summed E-state index contributed by atoms with van der Waals surface area (Å²) >= 11 is 9.20. The fourth-order valence-corrected chi connectivity index (χ4v) is 11.7. The molecule has 4 saturated heterocycles.